The fourth-order valence-corrected chi connectivity index (χ4v) is 1.76. The van der Waals surface area contributed by atoms with E-state index in [2.05, 4.69) is 0 Å². The molecule has 0 aliphatic rings. The highest BCUT2D eigenvalue weighted by atomic mass is 16.4. The zero-order chi connectivity index (χ0) is 13.3. The quantitative estimate of drug-likeness (QED) is 0.881. The summed E-state index contributed by atoms with van der Waals surface area (Å²) in [5.74, 6) is -0.988. The van der Waals surface area contributed by atoms with Crippen LogP contribution in [-0.4, -0.2) is 24.0 Å². The number of carboxylic acid groups (broad SMARTS) is 1. The Bertz CT molecular complexity index is 634. The Labute approximate surface area is 104 Å². The van der Waals surface area contributed by atoms with Crippen molar-refractivity contribution in [3.05, 3.63) is 42.0 Å². The fourth-order valence-electron chi connectivity index (χ4n) is 1.76. The van der Waals surface area contributed by atoms with Crippen molar-refractivity contribution in [1.82, 2.24) is 0 Å². The van der Waals surface area contributed by atoms with Crippen LogP contribution in [0.2, 0.25) is 0 Å². The van der Waals surface area contributed by atoms with Crippen LogP contribution < -0.4 is 4.90 Å². The van der Waals surface area contributed by atoms with E-state index in [-0.39, 0.29) is 11.5 Å². The molecule has 4 nitrogen and oxygen atoms in total. The van der Waals surface area contributed by atoms with Gasteiger partial charge in [-0.25, -0.2) is 4.79 Å². The summed E-state index contributed by atoms with van der Waals surface area (Å²) >= 11 is 0. The minimum atomic E-state index is -0.943. The van der Waals surface area contributed by atoms with Crippen LogP contribution >= 0.6 is 0 Å². The van der Waals surface area contributed by atoms with Gasteiger partial charge in [0.1, 0.15) is 0 Å². The van der Waals surface area contributed by atoms with Gasteiger partial charge in [-0.2, -0.15) is 0 Å². The van der Waals surface area contributed by atoms with E-state index in [0.717, 1.165) is 16.5 Å². The molecule has 92 valence electrons. The summed E-state index contributed by atoms with van der Waals surface area (Å²) in [4.78, 5) is 23.7. The monoisotopic (exact) mass is 243 g/mol. The van der Waals surface area contributed by atoms with E-state index in [0.29, 0.717) is 0 Å². The van der Waals surface area contributed by atoms with Crippen molar-refractivity contribution in [3.63, 3.8) is 0 Å². The number of anilines is 1. The number of carbonyl (C=O) groups excluding carboxylic acids is 1. The summed E-state index contributed by atoms with van der Waals surface area (Å²) in [6.45, 7) is 1.50. The third-order valence-corrected chi connectivity index (χ3v) is 2.93. The molecule has 0 bridgehead atoms. The van der Waals surface area contributed by atoms with Crippen molar-refractivity contribution in [2.45, 2.75) is 6.92 Å². The summed E-state index contributed by atoms with van der Waals surface area (Å²) in [6.07, 6.45) is 0. The third-order valence-electron chi connectivity index (χ3n) is 2.93. The van der Waals surface area contributed by atoms with Crippen LogP contribution in [0, 0.1) is 0 Å². The molecule has 0 spiro atoms. The molecule has 1 amide bonds. The Kier molecular flexibility index (Phi) is 3.02. The van der Waals surface area contributed by atoms with E-state index in [9.17, 15) is 9.59 Å². The van der Waals surface area contributed by atoms with Gasteiger partial charge in [0.15, 0.2) is 0 Å². The molecule has 18 heavy (non-hydrogen) atoms. The van der Waals surface area contributed by atoms with Crippen molar-refractivity contribution < 1.29 is 14.7 Å². The van der Waals surface area contributed by atoms with E-state index in [1.165, 1.54) is 6.92 Å². The molecule has 0 saturated carbocycles. The van der Waals surface area contributed by atoms with Gasteiger partial charge in [-0.05, 0) is 35.0 Å². The molecule has 0 fully saturated rings. The standard InChI is InChI=1S/C14H13NO3/c1-9(16)15(2)13-6-5-10-7-12(14(17)18)4-3-11(10)8-13/h3-8H,1-2H3,(H,17,18). The zero-order valence-corrected chi connectivity index (χ0v) is 10.2. The number of carbonyl (C=O) groups is 2. The van der Waals surface area contributed by atoms with Gasteiger partial charge in [0.2, 0.25) is 5.91 Å². The lowest BCUT2D eigenvalue weighted by atomic mass is 10.1. The topological polar surface area (TPSA) is 57.6 Å². The highest BCUT2D eigenvalue weighted by molar-refractivity contribution is 5.97. The van der Waals surface area contributed by atoms with Crippen molar-refractivity contribution in [1.29, 1.82) is 0 Å². The van der Waals surface area contributed by atoms with Gasteiger partial charge in [-0.1, -0.05) is 12.1 Å². The molecule has 2 aromatic rings. The normalized spacial score (nSPS) is 10.3. The van der Waals surface area contributed by atoms with E-state index < -0.39 is 5.97 Å². The van der Waals surface area contributed by atoms with Crippen LogP contribution in [0.5, 0.6) is 0 Å². The molecule has 0 aromatic heterocycles. The molecule has 0 saturated heterocycles. The summed E-state index contributed by atoms with van der Waals surface area (Å²) in [7, 11) is 1.70. The Balaban J connectivity index is 2.50. The first-order chi connectivity index (χ1) is 8.49. The van der Waals surface area contributed by atoms with E-state index in [4.69, 9.17) is 5.11 Å². The lowest BCUT2D eigenvalue weighted by Crippen LogP contribution is -2.22. The van der Waals surface area contributed by atoms with E-state index >= 15 is 0 Å². The number of rotatable bonds is 2. The minimum absolute atomic E-state index is 0.0449. The molecule has 0 radical (unpaired) electrons. The van der Waals surface area contributed by atoms with Gasteiger partial charge >= 0.3 is 5.97 Å². The van der Waals surface area contributed by atoms with Crippen LogP contribution in [0.15, 0.2) is 36.4 Å². The molecule has 2 rings (SSSR count). The maximum Gasteiger partial charge on any atom is 0.335 e. The number of fused-ring (bicyclic) bond motifs is 1. The second kappa shape index (κ2) is 4.49. The predicted molar refractivity (Wildman–Crippen MR) is 70.0 cm³/mol. The molecule has 1 N–H and O–H groups in total. The lowest BCUT2D eigenvalue weighted by molar-refractivity contribution is -0.116. The van der Waals surface area contributed by atoms with Gasteiger partial charge in [-0.3, -0.25) is 4.79 Å². The Morgan fingerprint density at radius 3 is 2.28 bits per heavy atom. The van der Waals surface area contributed by atoms with Crippen LogP contribution in [0.3, 0.4) is 0 Å². The Morgan fingerprint density at radius 2 is 1.67 bits per heavy atom. The number of aromatic carboxylic acids is 1. The molecule has 0 aliphatic heterocycles. The van der Waals surface area contributed by atoms with Crippen LogP contribution in [0.1, 0.15) is 17.3 Å². The number of hydrogen-bond donors (Lipinski definition) is 1. The molecule has 0 unspecified atom stereocenters. The number of carboxylic acids is 1. The summed E-state index contributed by atoms with van der Waals surface area (Å²) in [5, 5.41) is 10.7. The van der Waals surface area contributed by atoms with Crippen molar-refractivity contribution >= 4 is 28.3 Å². The van der Waals surface area contributed by atoms with Gasteiger partial charge in [0, 0.05) is 19.7 Å². The first-order valence-electron chi connectivity index (χ1n) is 5.50. The summed E-state index contributed by atoms with van der Waals surface area (Å²) in [5.41, 5.74) is 1.05. The average molecular weight is 243 g/mol. The van der Waals surface area contributed by atoms with Gasteiger partial charge in [-0.15, -0.1) is 0 Å². The van der Waals surface area contributed by atoms with Crippen molar-refractivity contribution in [3.8, 4) is 0 Å². The molecule has 0 aliphatic carbocycles. The first kappa shape index (κ1) is 12.1. The lowest BCUT2D eigenvalue weighted by Gasteiger charge is -2.15. The van der Waals surface area contributed by atoms with Crippen LogP contribution in [0.25, 0.3) is 10.8 Å². The highest BCUT2D eigenvalue weighted by Crippen LogP contribution is 2.22. The highest BCUT2D eigenvalue weighted by Gasteiger charge is 2.07. The van der Waals surface area contributed by atoms with E-state index in [1.54, 1.807) is 36.2 Å². The second-order valence-corrected chi connectivity index (χ2v) is 4.13. The Hall–Kier alpha value is -2.36. The van der Waals surface area contributed by atoms with Crippen molar-refractivity contribution in [2.75, 3.05) is 11.9 Å². The minimum Gasteiger partial charge on any atom is -0.478 e. The van der Waals surface area contributed by atoms with Crippen LogP contribution in [0.4, 0.5) is 5.69 Å². The molecule has 0 atom stereocenters. The fraction of sp³-hybridized carbons (Fsp3) is 0.143. The van der Waals surface area contributed by atoms with Gasteiger partial charge < -0.3 is 10.0 Å². The van der Waals surface area contributed by atoms with Gasteiger partial charge in [0.25, 0.3) is 0 Å². The maximum absolute atomic E-state index is 11.3. The zero-order valence-electron chi connectivity index (χ0n) is 10.2. The molecular formula is C14H13NO3. The number of nitrogens with zero attached hydrogens (tertiary/aromatic N) is 1. The average Bonchev–Trinajstić information content (AvgIpc) is 2.36. The van der Waals surface area contributed by atoms with E-state index in [1.807, 2.05) is 12.1 Å². The summed E-state index contributed by atoms with van der Waals surface area (Å²) < 4.78 is 0. The maximum atomic E-state index is 11.3. The molecule has 4 heteroatoms. The molecule has 2 aromatic carbocycles. The number of amides is 1. The summed E-state index contributed by atoms with van der Waals surface area (Å²) in [6, 6.07) is 10.4. The predicted octanol–water partition coefficient (Wildman–Crippen LogP) is 2.52. The first-order valence-corrected chi connectivity index (χ1v) is 5.50. The SMILES string of the molecule is CC(=O)N(C)c1ccc2cc(C(=O)O)ccc2c1. The van der Waals surface area contributed by atoms with Crippen LogP contribution in [-0.2, 0) is 4.79 Å². The molecular weight excluding hydrogens is 230 g/mol. The Morgan fingerprint density at radius 1 is 1.06 bits per heavy atom. The van der Waals surface area contributed by atoms with Gasteiger partial charge in [0.05, 0.1) is 5.56 Å². The number of benzene rings is 2. The van der Waals surface area contributed by atoms with Crippen molar-refractivity contribution in [2.24, 2.45) is 0 Å². The smallest absolute Gasteiger partial charge is 0.335 e. The number of hydrogen-bond acceptors (Lipinski definition) is 2. The second-order valence-electron chi connectivity index (χ2n) is 4.13. The third kappa shape index (κ3) is 2.18. The molecule has 0 heterocycles. The largest absolute Gasteiger partial charge is 0.478 e.